The first-order valence-electron chi connectivity index (χ1n) is 14.3. The molecule has 9 fully saturated rings. The first kappa shape index (κ1) is 21.2. The Bertz CT molecular complexity index is 1250. The lowest BCUT2D eigenvalue weighted by Gasteiger charge is -2.42. The molecule has 0 saturated carbocycles. The second-order valence-electron chi connectivity index (χ2n) is 13.5. The molecule has 0 spiro atoms. The lowest BCUT2D eigenvalue weighted by atomic mass is 8.68. The van der Waals surface area contributed by atoms with Gasteiger partial charge in [0, 0.05) is 89.0 Å². The molecule has 0 amide bonds. The van der Waals surface area contributed by atoms with Gasteiger partial charge in [0.2, 0.25) is 0 Å². The molecule has 5 atom stereocenters. The van der Waals surface area contributed by atoms with Gasteiger partial charge in [-0.2, -0.15) is 0 Å². The number of aliphatic hydroxyl groups excluding tert-OH is 2. The summed E-state index contributed by atoms with van der Waals surface area (Å²) in [5.74, 6) is 0. The number of aryl methyl sites for hydroxylation is 1. The lowest BCUT2D eigenvalue weighted by molar-refractivity contribution is -0.0464. The summed E-state index contributed by atoms with van der Waals surface area (Å²) in [5.41, 5.74) is 1.02. The SMILES string of the molecule is Cc1cn(C2CC(O)C(CO)O2)c(=O)n(CCCCCCC23B4B5B6B7B4B7C2B6B2B5B23)c1=O. The minimum atomic E-state index is -0.813. The Labute approximate surface area is 208 Å². The van der Waals surface area contributed by atoms with Crippen molar-refractivity contribution in [2.75, 3.05) is 6.61 Å². The van der Waals surface area contributed by atoms with E-state index < -0.39 is 18.4 Å². The van der Waals surface area contributed by atoms with Crippen molar-refractivity contribution in [1.29, 1.82) is 0 Å². The van der Waals surface area contributed by atoms with E-state index in [1.165, 1.54) is 47.4 Å². The Morgan fingerprint density at radius 1 is 1.03 bits per heavy atom. The summed E-state index contributed by atoms with van der Waals surface area (Å²) in [5, 5.41) is 20.2. The molecule has 2 N–H and O–H groups in total. The van der Waals surface area contributed by atoms with Crippen molar-refractivity contribution in [2.24, 2.45) is 0 Å². The predicted molar refractivity (Wildman–Crippen MR) is 148 cm³/mol. The minimum Gasteiger partial charge on any atom is -0.394 e. The van der Waals surface area contributed by atoms with Crippen LogP contribution in [0.4, 0.5) is 0 Å². The molecule has 9 aliphatic rings. The van der Waals surface area contributed by atoms with E-state index >= 15 is 0 Å². The molecule has 10 heterocycles. The highest BCUT2D eigenvalue weighted by atomic mass is 16.5. The van der Waals surface area contributed by atoms with Crippen LogP contribution >= 0.6 is 0 Å². The van der Waals surface area contributed by atoms with Crippen LogP contribution in [0.5, 0.6) is 0 Å². The van der Waals surface area contributed by atoms with Gasteiger partial charge in [-0.15, -0.1) is 10.9 Å². The average molecular weight is 459 g/mol. The molecule has 10 rings (SSSR count). The number of rotatable bonds is 9. The smallest absolute Gasteiger partial charge is 0.333 e. The maximum absolute atomic E-state index is 13.1. The Hall–Kier alpha value is -0.791. The predicted octanol–water partition coefficient (Wildman–Crippen LogP) is -2.84. The maximum atomic E-state index is 13.1. The van der Waals surface area contributed by atoms with Gasteiger partial charge in [0.15, 0.2) is 0 Å². The third-order valence-corrected chi connectivity index (χ3v) is 12.9. The van der Waals surface area contributed by atoms with E-state index in [0.717, 1.165) is 75.3 Å². The van der Waals surface area contributed by atoms with E-state index in [4.69, 9.17) is 4.74 Å². The van der Waals surface area contributed by atoms with Crippen LogP contribution < -0.4 is 11.2 Å². The maximum Gasteiger partial charge on any atom is 0.333 e. The van der Waals surface area contributed by atoms with Crippen molar-refractivity contribution in [2.45, 2.75) is 81.4 Å². The molecule has 5 unspecified atom stereocenters. The van der Waals surface area contributed by atoms with Gasteiger partial charge in [0.25, 0.3) is 5.56 Å². The Morgan fingerprint density at radius 2 is 1.71 bits per heavy atom. The quantitative estimate of drug-likeness (QED) is 0.307. The molecule has 0 aromatic carbocycles. The fraction of sp³-hybridized carbons (Fsp3) is 0.778. The van der Waals surface area contributed by atoms with E-state index in [2.05, 4.69) is 0 Å². The molecule has 0 radical (unpaired) electrons. The molecule has 1 aromatic heterocycles. The summed E-state index contributed by atoms with van der Waals surface area (Å²) in [4.78, 5) is 25.8. The fourth-order valence-electron chi connectivity index (χ4n) is 12.5. The molecule has 1 aromatic rings. The van der Waals surface area contributed by atoms with Crippen LogP contribution in [-0.4, -0.2) is 102 Å². The zero-order chi connectivity index (χ0) is 23.5. The molecule has 9 aliphatic heterocycles. The van der Waals surface area contributed by atoms with Crippen LogP contribution in [0.3, 0.4) is 0 Å². The highest BCUT2D eigenvalue weighted by molar-refractivity contribution is 8.55. The first-order valence-corrected chi connectivity index (χ1v) is 14.3. The molecule has 35 heavy (non-hydrogen) atoms. The second kappa shape index (κ2) is 6.61. The summed E-state index contributed by atoms with van der Waals surface area (Å²) in [6.45, 7) is 6.43. The number of hydrogen-bond donors (Lipinski definition) is 2. The van der Waals surface area contributed by atoms with Gasteiger partial charge in [0.1, 0.15) is 12.3 Å². The van der Waals surface area contributed by atoms with Gasteiger partial charge >= 0.3 is 5.69 Å². The highest BCUT2D eigenvalue weighted by Gasteiger charge is 3.04. The van der Waals surface area contributed by atoms with Crippen LogP contribution in [0.2, 0.25) is 10.9 Å². The molecule has 9 saturated heterocycles. The van der Waals surface area contributed by atoms with Gasteiger partial charge in [-0.1, -0.05) is 25.7 Å². The number of unbranched alkanes of at least 4 members (excludes halogenated alkanes) is 3. The lowest BCUT2D eigenvalue weighted by Crippen LogP contribution is -2.55. The number of aromatic nitrogens is 2. The molecular formula is C18H26B10N2O5. The summed E-state index contributed by atoms with van der Waals surface area (Å²) in [6.07, 6.45) is 12.5. The van der Waals surface area contributed by atoms with Gasteiger partial charge in [-0.3, -0.25) is 13.9 Å². The van der Waals surface area contributed by atoms with Crippen LogP contribution in [0.1, 0.15) is 50.3 Å². The Balaban J connectivity index is 0.845. The molecule has 7 nitrogen and oxygen atoms in total. The van der Waals surface area contributed by atoms with Crippen molar-refractivity contribution < 1.29 is 14.9 Å². The number of hydrogen-bond acceptors (Lipinski definition) is 5. The highest BCUT2D eigenvalue weighted by Crippen LogP contribution is 2.83. The monoisotopic (exact) mass is 460 g/mol. The first-order chi connectivity index (χ1) is 17.0. The molecule has 17 heteroatoms. The standard InChI is InChI=1S/C18H26B10N2O5/c1-11-9-30(14-8-12(32)13(10-31)35-14)17(34)29(15(11)33)7-5-3-2-4-6-18-16-19-23-21(18)28-26(25(19)23)20(16)24-22(18)27(24)28/h9,12-14,16,31-32H,2-8,10H2,1H3. The van der Waals surface area contributed by atoms with Gasteiger partial charge in [0.05, 0.1) is 12.7 Å². The third kappa shape index (κ3) is 2.20. The van der Waals surface area contributed by atoms with Crippen molar-refractivity contribution in [3.63, 3.8) is 0 Å². The molecule has 0 aliphatic carbocycles. The third-order valence-electron chi connectivity index (χ3n) is 12.9. The zero-order valence-electron chi connectivity index (χ0n) is 20.3. The summed E-state index contributed by atoms with van der Waals surface area (Å²) >= 11 is 0. The van der Waals surface area contributed by atoms with Crippen molar-refractivity contribution in [1.82, 2.24) is 9.13 Å². The van der Waals surface area contributed by atoms with Gasteiger partial charge in [-0.25, -0.2) is 4.79 Å². The molecule has 0 bridgehead atoms. The van der Waals surface area contributed by atoms with E-state index in [9.17, 15) is 19.8 Å². The fourth-order valence-corrected chi connectivity index (χ4v) is 12.5. The average Bonchev–Trinajstić information content (AvgIpc) is 3.29. The Morgan fingerprint density at radius 3 is 2.46 bits per heavy atom. The number of nitrogens with zero attached hydrogens (tertiary/aromatic N) is 2. The summed E-state index contributed by atoms with van der Waals surface area (Å²) in [7, 11) is 0. The normalized spacial score (nSPS) is 35.1. The summed E-state index contributed by atoms with van der Waals surface area (Å²) < 4.78 is 8.44. The van der Waals surface area contributed by atoms with E-state index in [0.29, 0.717) is 12.1 Å². The van der Waals surface area contributed by atoms with Gasteiger partial charge in [-0.05, 0) is 13.3 Å². The van der Waals surface area contributed by atoms with Crippen LogP contribution in [-0.2, 0) is 11.3 Å². The number of aliphatic hydroxyl groups is 2. The number of ether oxygens (including phenoxy) is 1. The van der Waals surface area contributed by atoms with Crippen LogP contribution in [0.25, 0.3) is 0 Å². The van der Waals surface area contributed by atoms with E-state index in [-0.39, 0.29) is 24.3 Å². The Kier molecular flexibility index (Phi) is 4.00. The van der Waals surface area contributed by atoms with Crippen LogP contribution in [0.15, 0.2) is 15.8 Å². The topological polar surface area (TPSA) is 93.7 Å². The van der Waals surface area contributed by atoms with Gasteiger partial charge < -0.3 is 14.9 Å². The van der Waals surface area contributed by atoms with Crippen molar-refractivity contribution in [3.05, 3.63) is 32.6 Å². The van der Waals surface area contributed by atoms with Crippen molar-refractivity contribution in [3.8, 4) is 0 Å². The zero-order valence-corrected chi connectivity index (χ0v) is 20.3. The van der Waals surface area contributed by atoms with Crippen molar-refractivity contribution >= 4 is 64.3 Å². The van der Waals surface area contributed by atoms with Crippen LogP contribution in [0, 0.1) is 6.92 Å². The second-order valence-corrected chi connectivity index (χ2v) is 13.5. The minimum absolute atomic E-state index is 0.234. The largest absolute Gasteiger partial charge is 0.394 e. The van der Waals surface area contributed by atoms with E-state index in [1.807, 2.05) is 0 Å². The molecular weight excluding hydrogens is 432 g/mol. The van der Waals surface area contributed by atoms with E-state index in [1.54, 1.807) is 6.92 Å². The molecule has 168 valence electrons. The summed E-state index contributed by atoms with van der Waals surface area (Å²) in [6, 6.07) is 0.